The van der Waals surface area contributed by atoms with Crippen LogP contribution in [0.5, 0.6) is 0 Å². The maximum atomic E-state index is 11.7. The summed E-state index contributed by atoms with van der Waals surface area (Å²) in [5.74, 6) is -1.46. The van der Waals surface area contributed by atoms with Crippen molar-refractivity contribution in [1.82, 2.24) is 5.32 Å². The van der Waals surface area contributed by atoms with Gasteiger partial charge in [-0.25, -0.2) is 4.79 Å². The summed E-state index contributed by atoms with van der Waals surface area (Å²) in [6.45, 7) is 3.18. The largest absolute Gasteiger partial charge is 0.480 e. The molecule has 1 unspecified atom stereocenters. The number of hydrogen-bond donors (Lipinski definition) is 2. The number of hydrogen-bond acceptors (Lipinski definition) is 3. The highest BCUT2D eigenvalue weighted by molar-refractivity contribution is 7.18. The Hall–Kier alpha value is -1.07. The normalized spacial score (nSPS) is 14.2. The molecule has 1 heterocycles. The second kappa shape index (κ2) is 4.84. The average molecular weight is 262 g/mol. The number of rotatable bonds is 4. The molecule has 1 rings (SSSR count). The topological polar surface area (TPSA) is 66.4 Å². The lowest BCUT2D eigenvalue weighted by Crippen LogP contribution is -2.51. The van der Waals surface area contributed by atoms with Crippen molar-refractivity contribution >= 4 is 34.8 Å². The van der Waals surface area contributed by atoms with Gasteiger partial charge in [0.15, 0.2) is 0 Å². The van der Waals surface area contributed by atoms with Gasteiger partial charge in [0.25, 0.3) is 5.91 Å². The molecular formula is C10H12ClNO3S. The van der Waals surface area contributed by atoms with Crippen LogP contribution in [-0.4, -0.2) is 22.5 Å². The number of carboxylic acids is 1. The van der Waals surface area contributed by atoms with Gasteiger partial charge in [0.05, 0.1) is 9.21 Å². The van der Waals surface area contributed by atoms with Crippen LogP contribution in [0, 0.1) is 0 Å². The molecule has 0 fully saturated rings. The summed E-state index contributed by atoms with van der Waals surface area (Å²) in [6, 6.07) is 3.17. The highest BCUT2D eigenvalue weighted by Gasteiger charge is 2.33. The van der Waals surface area contributed by atoms with E-state index in [9.17, 15) is 9.59 Å². The minimum Gasteiger partial charge on any atom is -0.480 e. The van der Waals surface area contributed by atoms with Crippen molar-refractivity contribution in [2.45, 2.75) is 25.8 Å². The fourth-order valence-corrected chi connectivity index (χ4v) is 1.98. The second-order valence-corrected chi connectivity index (χ2v) is 5.26. The van der Waals surface area contributed by atoms with Gasteiger partial charge in [-0.1, -0.05) is 18.5 Å². The molecule has 0 saturated carbocycles. The monoisotopic (exact) mass is 261 g/mol. The molecule has 0 aliphatic heterocycles. The molecule has 1 atom stereocenters. The summed E-state index contributed by atoms with van der Waals surface area (Å²) in [6.07, 6.45) is 0.313. The van der Waals surface area contributed by atoms with Crippen LogP contribution in [-0.2, 0) is 4.79 Å². The summed E-state index contributed by atoms with van der Waals surface area (Å²) in [5, 5.41) is 11.5. The minimum absolute atomic E-state index is 0.313. The molecule has 0 aliphatic rings. The fraction of sp³-hybridized carbons (Fsp3) is 0.400. The highest BCUT2D eigenvalue weighted by Crippen LogP contribution is 2.22. The van der Waals surface area contributed by atoms with Gasteiger partial charge in [0.2, 0.25) is 0 Å². The first-order valence-corrected chi connectivity index (χ1v) is 5.89. The third kappa shape index (κ3) is 2.74. The van der Waals surface area contributed by atoms with Gasteiger partial charge >= 0.3 is 5.97 Å². The van der Waals surface area contributed by atoms with Gasteiger partial charge in [0.1, 0.15) is 5.54 Å². The average Bonchev–Trinajstić information content (AvgIpc) is 2.64. The third-order valence-electron chi connectivity index (χ3n) is 2.37. The number of carbonyl (C=O) groups excluding carboxylic acids is 1. The lowest BCUT2D eigenvalue weighted by Gasteiger charge is -2.24. The molecule has 0 saturated heterocycles. The molecule has 0 aromatic carbocycles. The van der Waals surface area contributed by atoms with E-state index >= 15 is 0 Å². The van der Waals surface area contributed by atoms with Crippen molar-refractivity contribution in [3.63, 3.8) is 0 Å². The number of aliphatic carboxylic acids is 1. The highest BCUT2D eigenvalue weighted by atomic mass is 35.5. The summed E-state index contributed by atoms with van der Waals surface area (Å²) >= 11 is 6.81. The van der Waals surface area contributed by atoms with E-state index in [0.717, 1.165) is 11.3 Å². The molecule has 1 aromatic heterocycles. The van der Waals surface area contributed by atoms with Gasteiger partial charge < -0.3 is 10.4 Å². The zero-order valence-corrected chi connectivity index (χ0v) is 10.5. The van der Waals surface area contributed by atoms with Crippen LogP contribution >= 0.6 is 22.9 Å². The van der Waals surface area contributed by atoms with Crippen molar-refractivity contribution in [2.75, 3.05) is 0 Å². The SMILES string of the molecule is CCC(C)(NC(=O)c1ccc(Cl)s1)C(=O)O. The van der Waals surface area contributed by atoms with E-state index in [1.165, 1.54) is 6.92 Å². The lowest BCUT2D eigenvalue weighted by atomic mass is 9.99. The van der Waals surface area contributed by atoms with E-state index in [4.69, 9.17) is 16.7 Å². The Kier molecular flexibility index (Phi) is 3.93. The molecule has 4 nitrogen and oxygen atoms in total. The van der Waals surface area contributed by atoms with Gasteiger partial charge in [-0.3, -0.25) is 4.79 Å². The van der Waals surface area contributed by atoms with Crippen molar-refractivity contribution in [3.8, 4) is 0 Å². The van der Waals surface area contributed by atoms with Crippen molar-refractivity contribution in [1.29, 1.82) is 0 Å². The summed E-state index contributed by atoms with van der Waals surface area (Å²) < 4.78 is 0.499. The Labute approximate surface area is 102 Å². The van der Waals surface area contributed by atoms with Gasteiger partial charge in [0, 0.05) is 0 Å². The van der Waals surface area contributed by atoms with E-state index in [1.807, 2.05) is 0 Å². The zero-order chi connectivity index (χ0) is 12.3. The maximum absolute atomic E-state index is 11.7. The Morgan fingerprint density at radius 1 is 1.56 bits per heavy atom. The van der Waals surface area contributed by atoms with Crippen LogP contribution in [0.1, 0.15) is 29.9 Å². The molecule has 1 amide bonds. The Bertz CT molecular complexity index is 418. The van der Waals surface area contributed by atoms with Crippen molar-refractivity contribution in [3.05, 3.63) is 21.3 Å². The summed E-state index contributed by atoms with van der Waals surface area (Å²) in [4.78, 5) is 23.1. The minimum atomic E-state index is -1.24. The predicted octanol–water partition coefficient (Wildman–Crippen LogP) is 2.38. The molecule has 6 heteroatoms. The lowest BCUT2D eigenvalue weighted by molar-refractivity contribution is -0.143. The van der Waals surface area contributed by atoms with E-state index in [-0.39, 0.29) is 0 Å². The first-order valence-electron chi connectivity index (χ1n) is 4.70. The molecule has 16 heavy (non-hydrogen) atoms. The second-order valence-electron chi connectivity index (χ2n) is 3.55. The zero-order valence-electron chi connectivity index (χ0n) is 8.91. The first-order chi connectivity index (χ1) is 7.39. The van der Waals surface area contributed by atoms with Crippen molar-refractivity contribution in [2.24, 2.45) is 0 Å². The molecule has 1 aromatic rings. The standard InChI is InChI=1S/C10H12ClNO3S/c1-3-10(2,9(14)15)12-8(13)6-4-5-7(11)16-6/h4-5H,3H2,1-2H3,(H,12,13)(H,14,15). The van der Waals surface area contributed by atoms with Crippen LogP contribution in [0.15, 0.2) is 12.1 Å². The van der Waals surface area contributed by atoms with E-state index in [2.05, 4.69) is 5.32 Å². The van der Waals surface area contributed by atoms with Gasteiger partial charge in [-0.05, 0) is 25.5 Å². The molecule has 0 radical (unpaired) electrons. The third-order valence-corrected chi connectivity index (χ3v) is 3.60. The summed E-state index contributed by atoms with van der Waals surface area (Å²) in [7, 11) is 0. The Balaban J connectivity index is 2.81. The van der Waals surface area contributed by atoms with Crippen molar-refractivity contribution < 1.29 is 14.7 Å². The number of nitrogens with one attached hydrogen (secondary N) is 1. The van der Waals surface area contributed by atoms with E-state index in [1.54, 1.807) is 19.1 Å². The van der Waals surface area contributed by atoms with Crippen LogP contribution < -0.4 is 5.32 Å². The van der Waals surface area contributed by atoms with Crippen LogP contribution in [0.3, 0.4) is 0 Å². The van der Waals surface area contributed by atoms with E-state index < -0.39 is 17.4 Å². The van der Waals surface area contributed by atoms with Gasteiger partial charge in [-0.2, -0.15) is 0 Å². The first kappa shape index (κ1) is 13.0. The molecule has 0 aliphatic carbocycles. The number of amides is 1. The predicted molar refractivity (Wildman–Crippen MR) is 63.1 cm³/mol. The number of halogens is 1. The Morgan fingerprint density at radius 2 is 2.19 bits per heavy atom. The molecule has 0 spiro atoms. The van der Waals surface area contributed by atoms with Crippen LogP contribution in [0.2, 0.25) is 4.34 Å². The number of carbonyl (C=O) groups is 2. The number of thiophene rings is 1. The molecule has 2 N–H and O–H groups in total. The summed E-state index contributed by atoms with van der Waals surface area (Å²) in [5.41, 5.74) is -1.24. The fourth-order valence-electron chi connectivity index (χ4n) is 1.04. The number of carboxylic acid groups (broad SMARTS) is 1. The quantitative estimate of drug-likeness (QED) is 0.875. The molecular weight excluding hydrogens is 250 g/mol. The van der Waals surface area contributed by atoms with Crippen LogP contribution in [0.25, 0.3) is 0 Å². The maximum Gasteiger partial charge on any atom is 0.329 e. The van der Waals surface area contributed by atoms with Crippen LogP contribution in [0.4, 0.5) is 0 Å². The van der Waals surface area contributed by atoms with Gasteiger partial charge in [-0.15, -0.1) is 11.3 Å². The molecule has 88 valence electrons. The van der Waals surface area contributed by atoms with E-state index in [0.29, 0.717) is 15.6 Å². The smallest absolute Gasteiger partial charge is 0.329 e. The molecule has 0 bridgehead atoms. The Morgan fingerprint density at radius 3 is 2.56 bits per heavy atom.